The van der Waals surface area contributed by atoms with E-state index in [4.69, 9.17) is 4.74 Å². The summed E-state index contributed by atoms with van der Waals surface area (Å²) >= 11 is 3.31. The van der Waals surface area contributed by atoms with E-state index in [0.717, 1.165) is 17.3 Å². The highest BCUT2D eigenvalue weighted by Crippen LogP contribution is 2.37. The van der Waals surface area contributed by atoms with Gasteiger partial charge in [0.25, 0.3) is 0 Å². The van der Waals surface area contributed by atoms with Gasteiger partial charge in [0.05, 0.1) is 7.11 Å². The van der Waals surface area contributed by atoms with Crippen LogP contribution in [0.15, 0.2) is 22.7 Å². The summed E-state index contributed by atoms with van der Waals surface area (Å²) in [6.45, 7) is 0. The molecule has 0 heterocycles. The first-order valence-electron chi connectivity index (χ1n) is 5.87. The SMILES string of the molecule is COc1ccc(Br)cc1C(C(=O)O)N(C=O)C1CC1. The molecule has 0 bridgehead atoms. The van der Waals surface area contributed by atoms with E-state index >= 15 is 0 Å². The van der Waals surface area contributed by atoms with Crippen LogP contribution < -0.4 is 4.74 Å². The topological polar surface area (TPSA) is 66.8 Å². The van der Waals surface area contributed by atoms with Crippen LogP contribution in [-0.4, -0.2) is 35.5 Å². The minimum Gasteiger partial charge on any atom is -0.496 e. The van der Waals surface area contributed by atoms with Gasteiger partial charge in [-0.3, -0.25) is 4.79 Å². The Labute approximate surface area is 119 Å². The second-order valence-corrected chi connectivity index (χ2v) is 5.33. The van der Waals surface area contributed by atoms with Crippen LogP contribution in [0, 0.1) is 0 Å². The lowest BCUT2D eigenvalue weighted by Crippen LogP contribution is -2.35. The average molecular weight is 328 g/mol. The third-order valence-electron chi connectivity index (χ3n) is 3.11. The first-order chi connectivity index (χ1) is 9.08. The van der Waals surface area contributed by atoms with Crippen molar-refractivity contribution >= 4 is 28.3 Å². The predicted octanol–water partition coefficient (Wildman–Crippen LogP) is 2.20. The van der Waals surface area contributed by atoms with Gasteiger partial charge in [-0.2, -0.15) is 0 Å². The molecule has 1 aliphatic carbocycles. The second kappa shape index (κ2) is 5.61. The third kappa shape index (κ3) is 2.89. The van der Waals surface area contributed by atoms with Gasteiger partial charge in [-0.15, -0.1) is 0 Å². The summed E-state index contributed by atoms with van der Waals surface area (Å²) in [5, 5.41) is 9.44. The van der Waals surface area contributed by atoms with Crippen molar-refractivity contribution in [2.24, 2.45) is 0 Å². The van der Waals surface area contributed by atoms with Gasteiger partial charge in [-0.05, 0) is 31.0 Å². The molecular weight excluding hydrogens is 314 g/mol. The van der Waals surface area contributed by atoms with Crippen LogP contribution in [-0.2, 0) is 9.59 Å². The number of carboxylic acids is 1. The second-order valence-electron chi connectivity index (χ2n) is 4.41. The van der Waals surface area contributed by atoms with E-state index in [9.17, 15) is 14.7 Å². The third-order valence-corrected chi connectivity index (χ3v) is 3.60. The number of benzene rings is 1. The number of hydrogen-bond acceptors (Lipinski definition) is 3. The standard InChI is InChI=1S/C13H14BrNO4/c1-19-11-5-2-8(14)6-10(11)12(13(17)18)15(7-16)9-3-4-9/h2,5-7,9,12H,3-4H2,1H3,(H,17,18). The Kier molecular flexibility index (Phi) is 4.09. The van der Waals surface area contributed by atoms with Crippen LogP contribution in [0.25, 0.3) is 0 Å². The van der Waals surface area contributed by atoms with E-state index in [1.807, 2.05) is 0 Å². The molecule has 1 unspecified atom stereocenters. The Morgan fingerprint density at radius 1 is 1.58 bits per heavy atom. The number of nitrogens with zero attached hydrogens (tertiary/aromatic N) is 1. The number of carbonyl (C=O) groups excluding carboxylic acids is 1. The molecule has 0 spiro atoms. The molecular formula is C13H14BrNO4. The molecule has 2 rings (SSSR count). The fourth-order valence-corrected chi connectivity index (χ4v) is 2.45. The summed E-state index contributed by atoms with van der Waals surface area (Å²) < 4.78 is 5.95. The van der Waals surface area contributed by atoms with E-state index in [1.165, 1.54) is 12.0 Å². The largest absolute Gasteiger partial charge is 0.496 e. The molecule has 0 saturated heterocycles. The van der Waals surface area contributed by atoms with Gasteiger partial charge in [0.2, 0.25) is 6.41 Å². The summed E-state index contributed by atoms with van der Waals surface area (Å²) in [7, 11) is 1.48. The fraction of sp³-hybridized carbons (Fsp3) is 0.385. The monoisotopic (exact) mass is 327 g/mol. The van der Waals surface area contributed by atoms with E-state index in [-0.39, 0.29) is 6.04 Å². The van der Waals surface area contributed by atoms with Gasteiger partial charge in [0.1, 0.15) is 5.75 Å². The lowest BCUT2D eigenvalue weighted by atomic mass is 10.0. The number of aliphatic carboxylic acids is 1. The van der Waals surface area contributed by atoms with Gasteiger partial charge in [0, 0.05) is 16.1 Å². The highest BCUT2D eigenvalue weighted by atomic mass is 79.9. The zero-order valence-electron chi connectivity index (χ0n) is 10.4. The molecule has 1 saturated carbocycles. The summed E-state index contributed by atoms with van der Waals surface area (Å²) in [4.78, 5) is 24.1. The van der Waals surface area contributed by atoms with Crippen LogP contribution in [0.3, 0.4) is 0 Å². The first kappa shape index (κ1) is 13.9. The number of methoxy groups -OCH3 is 1. The summed E-state index contributed by atoms with van der Waals surface area (Å²) in [5.41, 5.74) is 0.475. The Hall–Kier alpha value is -1.56. The van der Waals surface area contributed by atoms with Gasteiger partial charge in [-0.25, -0.2) is 4.79 Å². The van der Waals surface area contributed by atoms with Crippen molar-refractivity contribution in [3.63, 3.8) is 0 Å². The molecule has 19 heavy (non-hydrogen) atoms. The molecule has 1 fully saturated rings. The molecule has 0 radical (unpaired) electrons. The number of carbonyl (C=O) groups is 2. The van der Waals surface area contributed by atoms with Crippen molar-refractivity contribution in [2.45, 2.75) is 24.9 Å². The highest BCUT2D eigenvalue weighted by Gasteiger charge is 2.38. The summed E-state index contributed by atoms with van der Waals surface area (Å²) in [6.07, 6.45) is 2.30. The van der Waals surface area contributed by atoms with Crippen LogP contribution >= 0.6 is 15.9 Å². The molecule has 0 aromatic heterocycles. The zero-order chi connectivity index (χ0) is 14.0. The lowest BCUT2D eigenvalue weighted by Gasteiger charge is -2.26. The zero-order valence-corrected chi connectivity index (χ0v) is 12.0. The van der Waals surface area contributed by atoms with Crippen molar-refractivity contribution in [3.05, 3.63) is 28.2 Å². The van der Waals surface area contributed by atoms with E-state index in [2.05, 4.69) is 15.9 Å². The molecule has 6 heteroatoms. The molecule has 1 aliphatic rings. The summed E-state index contributed by atoms with van der Waals surface area (Å²) in [6, 6.07) is 4.13. The molecule has 1 aromatic rings. The van der Waals surface area contributed by atoms with Gasteiger partial charge < -0.3 is 14.7 Å². The number of carboxylic acid groups (broad SMARTS) is 1. The molecule has 1 atom stereocenters. The van der Waals surface area contributed by atoms with E-state index in [1.54, 1.807) is 18.2 Å². The van der Waals surface area contributed by atoms with Crippen molar-refractivity contribution in [1.82, 2.24) is 4.90 Å². The normalized spacial score (nSPS) is 15.7. The fourth-order valence-electron chi connectivity index (χ4n) is 2.07. The van der Waals surface area contributed by atoms with Crippen LogP contribution in [0.5, 0.6) is 5.75 Å². The minimum absolute atomic E-state index is 0.0160. The van der Waals surface area contributed by atoms with Gasteiger partial charge in [0.15, 0.2) is 6.04 Å². The number of ether oxygens (including phenoxy) is 1. The Bertz CT molecular complexity index is 501. The lowest BCUT2D eigenvalue weighted by molar-refractivity contribution is -0.147. The van der Waals surface area contributed by atoms with Crippen LogP contribution in [0.4, 0.5) is 0 Å². The van der Waals surface area contributed by atoms with Crippen molar-refractivity contribution < 1.29 is 19.4 Å². The molecule has 1 N–H and O–H groups in total. The Morgan fingerprint density at radius 2 is 2.26 bits per heavy atom. The summed E-state index contributed by atoms with van der Waals surface area (Å²) in [5.74, 6) is -0.599. The molecule has 5 nitrogen and oxygen atoms in total. The minimum atomic E-state index is -1.06. The van der Waals surface area contributed by atoms with Crippen molar-refractivity contribution in [1.29, 1.82) is 0 Å². The Balaban J connectivity index is 2.45. The molecule has 1 amide bonds. The Morgan fingerprint density at radius 3 is 2.74 bits per heavy atom. The first-order valence-corrected chi connectivity index (χ1v) is 6.66. The maximum atomic E-state index is 11.5. The average Bonchev–Trinajstić information content (AvgIpc) is 3.19. The number of amides is 1. The molecule has 0 aliphatic heterocycles. The van der Waals surface area contributed by atoms with Crippen molar-refractivity contribution in [3.8, 4) is 5.75 Å². The molecule has 102 valence electrons. The van der Waals surface area contributed by atoms with Crippen molar-refractivity contribution in [2.75, 3.05) is 7.11 Å². The molecule has 1 aromatic carbocycles. The maximum Gasteiger partial charge on any atom is 0.331 e. The maximum absolute atomic E-state index is 11.5. The van der Waals surface area contributed by atoms with Gasteiger partial charge >= 0.3 is 5.97 Å². The highest BCUT2D eigenvalue weighted by molar-refractivity contribution is 9.10. The van der Waals surface area contributed by atoms with Crippen LogP contribution in [0.2, 0.25) is 0 Å². The van der Waals surface area contributed by atoms with Crippen LogP contribution in [0.1, 0.15) is 24.4 Å². The quantitative estimate of drug-likeness (QED) is 0.813. The van der Waals surface area contributed by atoms with Gasteiger partial charge in [-0.1, -0.05) is 15.9 Å². The van der Waals surface area contributed by atoms with E-state index in [0.29, 0.717) is 17.7 Å². The van der Waals surface area contributed by atoms with E-state index < -0.39 is 12.0 Å². The smallest absolute Gasteiger partial charge is 0.331 e. The predicted molar refractivity (Wildman–Crippen MR) is 72.0 cm³/mol. The number of rotatable bonds is 6. The number of halogens is 1. The number of hydrogen-bond donors (Lipinski definition) is 1.